The topological polar surface area (TPSA) is 45.6 Å². The zero-order valence-electron chi connectivity index (χ0n) is 13.6. The molecule has 0 aliphatic carbocycles. The molecule has 1 fully saturated rings. The molecule has 3 rings (SSSR count). The standard InChI is InChI=1S/C19H21N3O/c1-14-8-10-16(11-9-14)13-18(17-6-3-5-15(2)20-17)21-22-12-4-7-19(22)23/h3,5-6,8-11H,4,7,12-13H2,1-2H3. The number of hydrogen-bond acceptors (Lipinski definition) is 3. The van der Waals surface area contributed by atoms with E-state index >= 15 is 0 Å². The number of aryl methyl sites for hydroxylation is 2. The van der Waals surface area contributed by atoms with Gasteiger partial charge >= 0.3 is 0 Å². The fraction of sp³-hybridized carbons (Fsp3) is 0.316. The summed E-state index contributed by atoms with van der Waals surface area (Å²) in [6, 6.07) is 14.3. The maximum atomic E-state index is 11.9. The minimum Gasteiger partial charge on any atom is -0.273 e. The summed E-state index contributed by atoms with van der Waals surface area (Å²) in [7, 11) is 0. The Kier molecular flexibility index (Phi) is 4.51. The van der Waals surface area contributed by atoms with Crippen LogP contribution in [0.25, 0.3) is 0 Å². The van der Waals surface area contributed by atoms with Gasteiger partial charge in [-0.05, 0) is 38.0 Å². The highest BCUT2D eigenvalue weighted by Gasteiger charge is 2.21. The Labute approximate surface area is 136 Å². The van der Waals surface area contributed by atoms with E-state index in [0.717, 1.165) is 23.5 Å². The molecule has 1 aromatic heterocycles. The lowest BCUT2D eigenvalue weighted by atomic mass is 10.0. The monoisotopic (exact) mass is 307 g/mol. The second kappa shape index (κ2) is 6.73. The second-order valence-electron chi connectivity index (χ2n) is 5.99. The summed E-state index contributed by atoms with van der Waals surface area (Å²) in [4.78, 5) is 16.5. The van der Waals surface area contributed by atoms with Gasteiger partial charge in [0.2, 0.25) is 5.91 Å². The number of pyridine rings is 1. The summed E-state index contributed by atoms with van der Waals surface area (Å²) in [5.41, 5.74) is 5.03. The number of rotatable bonds is 4. The normalized spacial score (nSPS) is 15.3. The van der Waals surface area contributed by atoms with Gasteiger partial charge < -0.3 is 0 Å². The number of amides is 1. The summed E-state index contributed by atoms with van der Waals surface area (Å²) in [5.74, 6) is 0.0964. The molecular weight excluding hydrogens is 286 g/mol. The zero-order chi connectivity index (χ0) is 16.2. The molecule has 118 valence electrons. The van der Waals surface area contributed by atoms with Crippen LogP contribution in [0.3, 0.4) is 0 Å². The van der Waals surface area contributed by atoms with Crippen LogP contribution in [0.4, 0.5) is 0 Å². The van der Waals surface area contributed by atoms with Crippen molar-refractivity contribution < 1.29 is 4.79 Å². The first kappa shape index (κ1) is 15.4. The van der Waals surface area contributed by atoms with Gasteiger partial charge in [0.25, 0.3) is 0 Å². The van der Waals surface area contributed by atoms with Gasteiger partial charge in [-0.2, -0.15) is 5.10 Å². The first-order valence-corrected chi connectivity index (χ1v) is 7.99. The Morgan fingerprint density at radius 1 is 1.17 bits per heavy atom. The van der Waals surface area contributed by atoms with Crippen molar-refractivity contribution in [2.75, 3.05) is 6.54 Å². The van der Waals surface area contributed by atoms with Gasteiger partial charge in [-0.15, -0.1) is 0 Å². The van der Waals surface area contributed by atoms with Crippen LogP contribution in [0.1, 0.15) is 35.4 Å². The predicted octanol–water partition coefficient (Wildman–Crippen LogP) is 3.27. The van der Waals surface area contributed by atoms with Gasteiger partial charge in [-0.3, -0.25) is 9.78 Å². The maximum absolute atomic E-state index is 11.9. The molecule has 0 atom stereocenters. The van der Waals surface area contributed by atoms with Crippen LogP contribution in [0.2, 0.25) is 0 Å². The van der Waals surface area contributed by atoms with Crippen molar-refractivity contribution in [3.63, 3.8) is 0 Å². The molecule has 1 aromatic carbocycles. The maximum Gasteiger partial charge on any atom is 0.242 e. The Hall–Kier alpha value is -2.49. The van der Waals surface area contributed by atoms with Crippen molar-refractivity contribution in [1.82, 2.24) is 9.99 Å². The number of benzene rings is 1. The molecule has 0 unspecified atom stereocenters. The van der Waals surface area contributed by atoms with Crippen molar-refractivity contribution in [1.29, 1.82) is 0 Å². The number of hydrogen-bond donors (Lipinski definition) is 0. The summed E-state index contributed by atoms with van der Waals surface area (Å²) < 4.78 is 0. The van der Waals surface area contributed by atoms with Crippen molar-refractivity contribution in [3.8, 4) is 0 Å². The average molecular weight is 307 g/mol. The highest BCUT2D eigenvalue weighted by atomic mass is 16.2. The summed E-state index contributed by atoms with van der Waals surface area (Å²) in [5, 5.41) is 6.21. The quantitative estimate of drug-likeness (QED) is 0.814. The first-order valence-electron chi connectivity index (χ1n) is 7.99. The molecule has 1 saturated heterocycles. The van der Waals surface area contributed by atoms with Crippen LogP contribution < -0.4 is 0 Å². The van der Waals surface area contributed by atoms with Crippen LogP contribution in [-0.2, 0) is 11.2 Å². The van der Waals surface area contributed by atoms with Gasteiger partial charge in [-0.1, -0.05) is 35.9 Å². The molecule has 0 bridgehead atoms. The molecule has 1 aliphatic heterocycles. The molecule has 23 heavy (non-hydrogen) atoms. The lowest BCUT2D eigenvalue weighted by Gasteiger charge is -2.13. The highest BCUT2D eigenvalue weighted by Crippen LogP contribution is 2.14. The van der Waals surface area contributed by atoms with Crippen molar-refractivity contribution in [2.24, 2.45) is 5.10 Å². The van der Waals surface area contributed by atoms with E-state index in [4.69, 9.17) is 0 Å². The number of nitrogens with zero attached hydrogens (tertiary/aromatic N) is 3. The van der Waals surface area contributed by atoms with Crippen LogP contribution in [0, 0.1) is 13.8 Å². The molecule has 0 saturated carbocycles. The van der Waals surface area contributed by atoms with Crippen LogP contribution in [0.15, 0.2) is 47.6 Å². The van der Waals surface area contributed by atoms with Crippen molar-refractivity contribution in [3.05, 3.63) is 65.0 Å². The van der Waals surface area contributed by atoms with E-state index in [1.54, 1.807) is 5.01 Å². The average Bonchev–Trinajstić information content (AvgIpc) is 2.94. The SMILES string of the molecule is Cc1ccc(CC(=NN2CCCC2=O)c2cccc(C)n2)cc1. The molecule has 2 heterocycles. The lowest BCUT2D eigenvalue weighted by Crippen LogP contribution is -2.22. The fourth-order valence-corrected chi connectivity index (χ4v) is 2.67. The van der Waals surface area contributed by atoms with Gasteiger partial charge in [0.1, 0.15) is 0 Å². The van der Waals surface area contributed by atoms with E-state index in [1.807, 2.05) is 25.1 Å². The van der Waals surface area contributed by atoms with Crippen LogP contribution in [-0.4, -0.2) is 28.2 Å². The van der Waals surface area contributed by atoms with Gasteiger partial charge in [0, 0.05) is 25.1 Å². The molecule has 0 spiro atoms. The van der Waals surface area contributed by atoms with Gasteiger partial charge in [0.15, 0.2) is 0 Å². The Balaban J connectivity index is 1.94. The third-order valence-corrected chi connectivity index (χ3v) is 3.97. The van der Waals surface area contributed by atoms with Gasteiger partial charge in [0.05, 0.1) is 11.4 Å². The van der Waals surface area contributed by atoms with Crippen LogP contribution >= 0.6 is 0 Å². The lowest BCUT2D eigenvalue weighted by molar-refractivity contribution is -0.127. The smallest absolute Gasteiger partial charge is 0.242 e. The summed E-state index contributed by atoms with van der Waals surface area (Å²) >= 11 is 0. The Bertz CT molecular complexity index is 735. The molecule has 2 aromatic rings. The molecule has 4 heteroatoms. The molecule has 4 nitrogen and oxygen atoms in total. The third kappa shape index (κ3) is 3.83. The fourth-order valence-electron chi connectivity index (χ4n) is 2.67. The Morgan fingerprint density at radius 2 is 1.96 bits per heavy atom. The minimum atomic E-state index is 0.0964. The Morgan fingerprint density at radius 3 is 2.61 bits per heavy atom. The van der Waals surface area contributed by atoms with Gasteiger partial charge in [-0.25, -0.2) is 5.01 Å². The van der Waals surface area contributed by atoms with Crippen molar-refractivity contribution in [2.45, 2.75) is 33.1 Å². The van der Waals surface area contributed by atoms with E-state index in [9.17, 15) is 4.79 Å². The van der Waals surface area contributed by atoms with E-state index in [1.165, 1.54) is 11.1 Å². The second-order valence-corrected chi connectivity index (χ2v) is 5.99. The summed E-state index contributed by atoms with van der Waals surface area (Å²) in [6.45, 7) is 4.74. The minimum absolute atomic E-state index is 0.0964. The molecular formula is C19H21N3O. The highest BCUT2D eigenvalue weighted by molar-refractivity contribution is 6.01. The molecule has 1 aliphatic rings. The molecule has 0 N–H and O–H groups in total. The third-order valence-electron chi connectivity index (χ3n) is 3.97. The molecule has 1 amide bonds. The molecule has 0 radical (unpaired) electrons. The number of aromatic nitrogens is 1. The van der Waals surface area contributed by atoms with E-state index in [2.05, 4.69) is 41.3 Å². The van der Waals surface area contributed by atoms with E-state index < -0.39 is 0 Å². The zero-order valence-corrected chi connectivity index (χ0v) is 13.6. The van der Waals surface area contributed by atoms with Crippen LogP contribution in [0.5, 0.6) is 0 Å². The van der Waals surface area contributed by atoms with E-state index in [-0.39, 0.29) is 5.91 Å². The number of hydrazone groups is 1. The summed E-state index contributed by atoms with van der Waals surface area (Å²) in [6.07, 6.45) is 2.13. The number of carbonyl (C=O) groups is 1. The largest absolute Gasteiger partial charge is 0.273 e. The first-order chi connectivity index (χ1) is 11.1. The number of carbonyl (C=O) groups excluding carboxylic acids is 1. The predicted molar refractivity (Wildman–Crippen MR) is 91.3 cm³/mol. The van der Waals surface area contributed by atoms with E-state index in [0.29, 0.717) is 19.4 Å². The van der Waals surface area contributed by atoms with Crippen molar-refractivity contribution >= 4 is 11.6 Å².